The van der Waals surface area contributed by atoms with Gasteiger partial charge in [0.2, 0.25) is 11.8 Å². The van der Waals surface area contributed by atoms with Crippen LogP contribution < -0.4 is 11.1 Å². The normalized spacial score (nSPS) is 27.4. The summed E-state index contributed by atoms with van der Waals surface area (Å²) in [4.78, 5) is 26.3. The number of nitrogens with zero attached hydrogens (tertiary/aromatic N) is 1. The van der Waals surface area contributed by atoms with Gasteiger partial charge in [0.15, 0.2) is 0 Å². The molecule has 2 fully saturated rings. The molecule has 0 spiro atoms. The van der Waals surface area contributed by atoms with Crippen LogP contribution in [0.3, 0.4) is 0 Å². The van der Waals surface area contributed by atoms with Crippen LogP contribution >= 0.6 is 0 Å². The van der Waals surface area contributed by atoms with Crippen LogP contribution in [0.5, 0.6) is 0 Å². The molecule has 2 rings (SSSR count). The van der Waals surface area contributed by atoms with E-state index in [1.54, 1.807) is 0 Å². The zero-order valence-electron chi connectivity index (χ0n) is 13.1. The molecule has 0 unspecified atom stereocenters. The van der Waals surface area contributed by atoms with Gasteiger partial charge in [-0.15, -0.1) is 0 Å². The lowest BCUT2D eigenvalue weighted by atomic mass is 9.81. The van der Waals surface area contributed by atoms with Crippen LogP contribution in [0.25, 0.3) is 0 Å². The van der Waals surface area contributed by atoms with Crippen molar-refractivity contribution in [2.75, 3.05) is 26.2 Å². The molecule has 2 amide bonds. The van der Waals surface area contributed by atoms with Crippen LogP contribution in [0.15, 0.2) is 0 Å². The van der Waals surface area contributed by atoms with Gasteiger partial charge in [0, 0.05) is 31.5 Å². The number of rotatable bonds is 4. The lowest BCUT2D eigenvalue weighted by Gasteiger charge is -2.35. The van der Waals surface area contributed by atoms with Crippen LogP contribution in [-0.2, 0) is 9.59 Å². The molecule has 0 bridgehead atoms. The van der Waals surface area contributed by atoms with Crippen molar-refractivity contribution in [1.29, 1.82) is 0 Å². The first-order valence-corrected chi connectivity index (χ1v) is 8.42. The Labute approximate surface area is 127 Å². The van der Waals surface area contributed by atoms with E-state index in [0.29, 0.717) is 18.4 Å². The van der Waals surface area contributed by atoms with Gasteiger partial charge in [-0.05, 0) is 57.9 Å². The number of nitrogens with two attached hydrogens (primary N) is 1. The first-order valence-electron chi connectivity index (χ1n) is 8.42. The second-order valence-electron chi connectivity index (χ2n) is 6.45. The molecule has 1 saturated carbocycles. The number of hydrogen-bond acceptors (Lipinski definition) is 3. The van der Waals surface area contributed by atoms with Gasteiger partial charge in [0.05, 0.1) is 0 Å². The second-order valence-corrected chi connectivity index (χ2v) is 6.45. The fraction of sp³-hybridized carbons (Fsp3) is 0.875. The van der Waals surface area contributed by atoms with Crippen LogP contribution in [0, 0.1) is 17.8 Å². The fourth-order valence-corrected chi connectivity index (χ4v) is 3.58. The third kappa shape index (κ3) is 4.19. The third-order valence-corrected chi connectivity index (χ3v) is 5.06. The van der Waals surface area contributed by atoms with Gasteiger partial charge in [-0.3, -0.25) is 9.59 Å². The van der Waals surface area contributed by atoms with Crippen molar-refractivity contribution >= 4 is 11.8 Å². The number of carbonyl (C=O) groups is 2. The summed E-state index contributed by atoms with van der Waals surface area (Å²) in [6, 6.07) is 0. The molecule has 0 atom stereocenters. The van der Waals surface area contributed by atoms with E-state index in [2.05, 4.69) is 5.32 Å². The summed E-state index contributed by atoms with van der Waals surface area (Å²) in [6.45, 7) is 4.84. The number of likely N-dealkylation sites (tertiary alicyclic amines) is 1. The van der Waals surface area contributed by atoms with E-state index in [4.69, 9.17) is 5.73 Å². The minimum Gasteiger partial charge on any atom is -0.356 e. The quantitative estimate of drug-likeness (QED) is 0.816. The number of carbonyl (C=O) groups excluding carboxylic acids is 2. The lowest BCUT2D eigenvalue weighted by Crippen LogP contribution is -2.45. The summed E-state index contributed by atoms with van der Waals surface area (Å²) in [6.07, 6.45) is 5.74. The highest BCUT2D eigenvalue weighted by molar-refractivity contribution is 5.81. The zero-order valence-corrected chi connectivity index (χ0v) is 13.1. The number of piperidine rings is 1. The highest BCUT2D eigenvalue weighted by atomic mass is 16.2. The van der Waals surface area contributed by atoms with Gasteiger partial charge in [0.25, 0.3) is 0 Å². The topological polar surface area (TPSA) is 75.4 Å². The Morgan fingerprint density at radius 2 is 1.67 bits per heavy atom. The summed E-state index contributed by atoms with van der Waals surface area (Å²) in [7, 11) is 0. The zero-order chi connectivity index (χ0) is 15.2. The van der Waals surface area contributed by atoms with Crippen LogP contribution in [0.1, 0.15) is 45.4 Å². The standard InChI is InChI=1S/C16H29N3O2/c1-2-18-15(20)13-7-9-19(10-8-13)16(21)14-5-3-12(11-17)4-6-14/h12-14H,2-11,17H2,1H3,(H,18,20). The largest absolute Gasteiger partial charge is 0.356 e. The Balaban J connectivity index is 1.77. The Kier molecular flexibility index (Phi) is 6.03. The molecule has 1 aliphatic heterocycles. The van der Waals surface area contributed by atoms with Gasteiger partial charge >= 0.3 is 0 Å². The van der Waals surface area contributed by atoms with Crippen LogP contribution in [0.2, 0.25) is 0 Å². The summed E-state index contributed by atoms with van der Waals surface area (Å²) in [5, 5.41) is 2.88. The summed E-state index contributed by atoms with van der Waals surface area (Å²) >= 11 is 0. The molecule has 0 radical (unpaired) electrons. The van der Waals surface area contributed by atoms with E-state index < -0.39 is 0 Å². The average Bonchev–Trinajstić information content (AvgIpc) is 2.54. The van der Waals surface area contributed by atoms with Crippen molar-refractivity contribution < 1.29 is 9.59 Å². The molecular formula is C16H29N3O2. The molecule has 1 heterocycles. The number of hydrogen-bond donors (Lipinski definition) is 2. The first-order chi connectivity index (χ1) is 10.2. The van der Waals surface area contributed by atoms with Crippen molar-refractivity contribution in [3.63, 3.8) is 0 Å². The van der Waals surface area contributed by atoms with E-state index >= 15 is 0 Å². The van der Waals surface area contributed by atoms with E-state index in [1.165, 1.54) is 0 Å². The van der Waals surface area contributed by atoms with Crippen molar-refractivity contribution in [3.05, 3.63) is 0 Å². The molecule has 5 nitrogen and oxygen atoms in total. The van der Waals surface area contributed by atoms with Gasteiger partial charge in [0.1, 0.15) is 0 Å². The molecule has 0 aromatic rings. The van der Waals surface area contributed by atoms with E-state index in [9.17, 15) is 9.59 Å². The molecule has 1 aliphatic carbocycles. The van der Waals surface area contributed by atoms with Crippen molar-refractivity contribution in [3.8, 4) is 0 Å². The van der Waals surface area contributed by atoms with E-state index in [-0.39, 0.29) is 17.7 Å². The number of amides is 2. The minimum atomic E-state index is 0.0852. The van der Waals surface area contributed by atoms with Crippen molar-refractivity contribution in [2.24, 2.45) is 23.5 Å². The fourth-order valence-electron chi connectivity index (χ4n) is 3.58. The molecule has 21 heavy (non-hydrogen) atoms. The maximum absolute atomic E-state index is 12.5. The van der Waals surface area contributed by atoms with Crippen molar-refractivity contribution in [1.82, 2.24) is 10.2 Å². The molecule has 0 aromatic carbocycles. The summed E-state index contributed by atoms with van der Waals surface area (Å²) in [5.41, 5.74) is 5.70. The Hall–Kier alpha value is -1.10. The van der Waals surface area contributed by atoms with E-state index in [0.717, 1.165) is 58.2 Å². The molecular weight excluding hydrogens is 266 g/mol. The second kappa shape index (κ2) is 7.78. The Morgan fingerprint density at radius 3 is 2.19 bits per heavy atom. The van der Waals surface area contributed by atoms with Gasteiger partial charge < -0.3 is 16.0 Å². The smallest absolute Gasteiger partial charge is 0.225 e. The predicted octanol–water partition coefficient (Wildman–Crippen LogP) is 1.13. The van der Waals surface area contributed by atoms with Gasteiger partial charge in [-0.1, -0.05) is 0 Å². The summed E-state index contributed by atoms with van der Waals surface area (Å²) in [5.74, 6) is 1.33. The van der Waals surface area contributed by atoms with Crippen LogP contribution in [-0.4, -0.2) is 42.9 Å². The predicted molar refractivity (Wildman–Crippen MR) is 82.5 cm³/mol. The minimum absolute atomic E-state index is 0.0852. The van der Waals surface area contributed by atoms with E-state index in [1.807, 2.05) is 11.8 Å². The highest BCUT2D eigenvalue weighted by Gasteiger charge is 2.32. The van der Waals surface area contributed by atoms with Gasteiger partial charge in [-0.2, -0.15) is 0 Å². The maximum atomic E-state index is 12.5. The first kappa shape index (κ1) is 16.3. The highest BCUT2D eigenvalue weighted by Crippen LogP contribution is 2.30. The number of nitrogens with one attached hydrogen (secondary N) is 1. The Morgan fingerprint density at radius 1 is 1.05 bits per heavy atom. The molecule has 120 valence electrons. The van der Waals surface area contributed by atoms with Gasteiger partial charge in [-0.25, -0.2) is 0 Å². The Bertz CT molecular complexity index is 357. The SMILES string of the molecule is CCNC(=O)C1CCN(C(=O)C2CCC(CN)CC2)CC1. The molecule has 5 heteroatoms. The van der Waals surface area contributed by atoms with Crippen molar-refractivity contribution in [2.45, 2.75) is 45.4 Å². The van der Waals surface area contributed by atoms with Crippen LogP contribution in [0.4, 0.5) is 0 Å². The molecule has 0 aromatic heterocycles. The molecule has 1 saturated heterocycles. The maximum Gasteiger partial charge on any atom is 0.225 e. The average molecular weight is 295 g/mol. The monoisotopic (exact) mass is 295 g/mol. The summed E-state index contributed by atoms with van der Waals surface area (Å²) < 4.78 is 0. The molecule has 3 N–H and O–H groups in total. The third-order valence-electron chi connectivity index (χ3n) is 5.06. The lowest BCUT2D eigenvalue weighted by molar-refractivity contribution is -0.140. The molecule has 2 aliphatic rings.